The van der Waals surface area contributed by atoms with Crippen LogP contribution in [0.1, 0.15) is 0 Å². The Kier molecular flexibility index (Phi) is 54.2. The number of carbonyl (C=O) groups excluding carboxylic acids is 12. The summed E-state index contributed by atoms with van der Waals surface area (Å²) in [5.74, 6) is -18.4. The van der Waals surface area contributed by atoms with E-state index < -0.39 is 150 Å². The molecule has 0 rings (SSSR count). The normalized spacial score (nSPS) is 10.0. The zero-order valence-electron chi connectivity index (χ0n) is 32.4. The molecule has 0 aromatic carbocycles. The second-order valence-corrected chi connectivity index (χ2v) is 11.7. The largest absolute Gasteiger partial charge is 3.00 e. The summed E-state index contributed by atoms with van der Waals surface area (Å²) >= 11 is 0. The van der Waals surface area contributed by atoms with E-state index >= 15 is 0 Å². The molecule has 0 aromatic heterocycles. The molecule has 0 heterocycles. The summed E-state index contributed by atoms with van der Waals surface area (Å²) in [5, 5.41) is 125. The summed E-state index contributed by atoms with van der Waals surface area (Å²) in [7, 11) is 0. The average molecular weight is 1520 g/mol. The summed E-state index contributed by atoms with van der Waals surface area (Å²) in [6, 6.07) is 0. The number of carbonyl (C=O) groups is 12. The molecule has 0 saturated heterocycles. The Labute approximate surface area is 482 Å². The minimum atomic E-state index is -1.53. The Bertz CT molecular complexity index is 1140. The van der Waals surface area contributed by atoms with Crippen LogP contribution in [0.5, 0.6) is 0 Å². The van der Waals surface area contributed by atoms with E-state index in [1.807, 2.05) is 0 Å². The molecule has 0 aliphatic carbocycles. The molecule has 30 nitrogen and oxygen atoms in total. The van der Waals surface area contributed by atoms with Crippen LogP contribution in [0, 0.1) is 151 Å². The summed E-state index contributed by atoms with van der Waals surface area (Å²) in [5.41, 5.74) is 0. The second-order valence-electron chi connectivity index (χ2n) is 11.7. The van der Waals surface area contributed by atoms with Crippen LogP contribution >= 0.6 is 0 Å². The van der Waals surface area contributed by atoms with Gasteiger partial charge in [0.1, 0.15) is 0 Å². The fourth-order valence-electron chi connectivity index (χ4n) is 4.32. The Morgan fingerprint density at radius 2 is 0.250 bits per heavy atom. The smallest absolute Gasteiger partial charge is 0.549 e. The van der Waals surface area contributed by atoms with Gasteiger partial charge in [-0.15, -0.1) is 0 Å². The van der Waals surface area contributed by atoms with E-state index in [9.17, 15) is 119 Å². The van der Waals surface area contributed by atoms with Crippen molar-refractivity contribution in [1.82, 2.24) is 29.4 Å². The third-order valence-corrected chi connectivity index (χ3v) is 6.43. The molecule has 0 bridgehead atoms. The van der Waals surface area contributed by atoms with E-state index in [0.29, 0.717) is 0 Å². The van der Waals surface area contributed by atoms with Crippen LogP contribution in [0.25, 0.3) is 0 Å². The van der Waals surface area contributed by atoms with E-state index in [1.165, 1.54) is 0 Å². The van der Waals surface area contributed by atoms with Gasteiger partial charge < -0.3 is 119 Å². The van der Waals surface area contributed by atoms with Crippen LogP contribution in [-0.2, 0) is 57.5 Å². The molecule has 0 aromatic rings. The van der Waals surface area contributed by atoms with E-state index in [0.717, 1.165) is 29.4 Å². The molecule has 374 valence electrons. The maximum Gasteiger partial charge on any atom is 3.00 e. The van der Waals surface area contributed by atoms with Gasteiger partial charge in [-0.1, -0.05) is 0 Å². The minimum Gasteiger partial charge on any atom is -0.549 e. The van der Waals surface area contributed by atoms with Crippen molar-refractivity contribution >= 4 is 71.6 Å². The number of carboxylic acid groups (broad SMARTS) is 12. The van der Waals surface area contributed by atoms with E-state index in [4.69, 9.17) is 0 Å². The van der Waals surface area contributed by atoms with E-state index in [-0.39, 0.29) is 190 Å². The summed E-state index contributed by atoms with van der Waals surface area (Å²) < 4.78 is 0. The summed E-state index contributed by atoms with van der Waals surface area (Å²) in [4.78, 5) is 130. The van der Waals surface area contributed by atoms with Gasteiger partial charge in [0.15, 0.2) is 0 Å². The SMILES string of the molecule is O=C([O-])CN(CCN(CC(=O)[O-])CC(=O)[O-])CC(=O)[O-].O=C([O-])CN(CCN(CC(=O)[O-])CC(=O)[O-])CC(=O)[O-].O=C([O-])CN(CCN(CC(=O)[O-])CC(=O)[O-])CC(=O)[O-].[Ho+3].[Ho+3].[Ho+3].[Ho+3]. The van der Waals surface area contributed by atoms with Crippen molar-refractivity contribution < 1.29 is 270 Å². The van der Waals surface area contributed by atoms with Gasteiger partial charge in [0, 0.05) is 118 Å². The summed E-state index contributed by atoms with van der Waals surface area (Å²) in [6.07, 6.45) is 0. The first kappa shape index (κ1) is 76.7. The fourth-order valence-corrected chi connectivity index (χ4v) is 4.32. The molecule has 0 radical (unpaired) electrons. The summed E-state index contributed by atoms with van der Waals surface area (Å²) in [6.45, 7) is -9.75. The fraction of sp³-hybridized carbons (Fsp3) is 0.600. The average Bonchev–Trinajstić information content (AvgIpc) is 3.02. The topological polar surface area (TPSA) is 501 Å². The molecule has 0 fully saturated rings. The zero-order valence-corrected chi connectivity index (χ0v) is 40.2. The van der Waals surface area contributed by atoms with Gasteiger partial charge in [-0.2, -0.15) is 0 Å². The molecule has 64 heavy (non-hydrogen) atoms. The Balaban J connectivity index is -0.000000148. The van der Waals surface area contributed by atoms with Crippen LogP contribution in [0.3, 0.4) is 0 Å². The Morgan fingerprint density at radius 1 is 0.188 bits per heavy atom. The third-order valence-electron chi connectivity index (χ3n) is 6.43. The van der Waals surface area contributed by atoms with Gasteiger partial charge >= 0.3 is 151 Å². The van der Waals surface area contributed by atoms with Crippen LogP contribution in [0.4, 0.5) is 0 Å². The first-order valence-electron chi connectivity index (χ1n) is 16.3. The Hall–Kier alpha value is -1.56. The van der Waals surface area contributed by atoms with Crippen molar-refractivity contribution in [2.24, 2.45) is 0 Å². The first-order chi connectivity index (χ1) is 27.6. The standard InChI is InChI=1S/3C10H16N2O8.4Ho/c3*13-7(14)3-11(4-8(15)16)1-2-12(5-9(17)18)6-10(19)20;;;;/h3*1-6H2,(H,13,14)(H,15,16)(H,17,18)(H,19,20);;;;/q;;;4*+3/p-12. The molecular weight excluding hydrogens is 1490 g/mol. The number of rotatable bonds is 33. The maximum absolute atomic E-state index is 10.4. The van der Waals surface area contributed by atoms with Gasteiger partial charge in [-0.3, -0.25) is 29.4 Å². The Morgan fingerprint density at radius 3 is 0.297 bits per heavy atom. The molecule has 0 aliphatic heterocycles. The van der Waals surface area contributed by atoms with Crippen LogP contribution in [-0.4, -0.2) is 219 Å². The number of aliphatic carboxylic acids is 12. The van der Waals surface area contributed by atoms with Crippen molar-refractivity contribution in [3.05, 3.63) is 0 Å². The van der Waals surface area contributed by atoms with Gasteiger partial charge in [0.25, 0.3) is 0 Å². The molecule has 0 atom stereocenters. The first-order valence-corrected chi connectivity index (χ1v) is 16.3. The predicted octanol–water partition coefficient (Wildman–Crippen LogP) is -22.2. The molecule has 0 aliphatic rings. The second kappa shape index (κ2) is 45.2. The minimum absolute atomic E-state index is 0. The van der Waals surface area contributed by atoms with Crippen LogP contribution in [0.2, 0.25) is 0 Å². The zero-order chi connectivity index (χ0) is 47.1. The van der Waals surface area contributed by atoms with Crippen molar-refractivity contribution in [2.75, 3.05) is 118 Å². The molecule has 0 N–H and O–H groups in total. The molecule has 0 saturated carbocycles. The van der Waals surface area contributed by atoms with Crippen LogP contribution in [0.15, 0.2) is 0 Å². The molecule has 34 heteroatoms. The third kappa shape index (κ3) is 56.6. The molecule has 0 spiro atoms. The van der Waals surface area contributed by atoms with Crippen LogP contribution < -0.4 is 61.3 Å². The van der Waals surface area contributed by atoms with Crippen molar-refractivity contribution in [3.63, 3.8) is 0 Å². The van der Waals surface area contributed by atoms with Crippen molar-refractivity contribution in [2.45, 2.75) is 0 Å². The predicted molar refractivity (Wildman–Crippen MR) is 159 cm³/mol. The number of hydrogen-bond acceptors (Lipinski definition) is 30. The van der Waals surface area contributed by atoms with Gasteiger partial charge in [0.05, 0.1) is 71.6 Å². The molecule has 0 unspecified atom stereocenters. The molecule has 0 amide bonds. The van der Waals surface area contributed by atoms with Gasteiger partial charge in [-0.05, 0) is 0 Å². The number of carboxylic acids is 12. The van der Waals surface area contributed by atoms with Gasteiger partial charge in [-0.25, -0.2) is 0 Å². The van der Waals surface area contributed by atoms with Crippen molar-refractivity contribution in [1.29, 1.82) is 0 Å². The molecular formula is C30H36Ho4N6O24. The number of hydrogen-bond donors (Lipinski definition) is 0. The van der Waals surface area contributed by atoms with Crippen molar-refractivity contribution in [3.8, 4) is 0 Å². The number of nitrogens with zero attached hydrogens (tertiary/aromatic N) is 6. The monoisotopic (exact) mass is 1520 g/mol. The maximum atomic E-state index is 10.4. The van der Waals surface area contributed by atoms with E-state index in [2.05, 4.69) is 0 Å². The van der Waals surface area contributed by atoms with E-state index in [1.54, 1.807) is 0 Å². The quantitative estimate of drug-likeness (QED) is 0.0551. The van der Waals surface area contributed by atoms with Gasteiger partial charge in [0.2, 0.25) is 0 Å².